The first kappa shape index (κ1) is 26.2. The standard InChI is InChI=1S/C29H35N3O6/c1-5-37-20-10-8-19(9-11-20)30-25(34)22-23-27(36)32(14-15-33)24(29(23)13-12-28(22,4)38-29)26(35)31-21-16-17(2)6-7-18(21)3/h6-11,16,22-24,33H,5,12-15H2,1-4H3,(H,30,34)(H,31,35)/t22-,23+,24?,28+,29?/m1/s1. The van der Waals surface area contributed by atoms with Crippen LogP contribution in [0.4, 0.5) is 11.4 Å². The normalized spacial score (nSPS) is 29.3. The number of β-amino-alcohol motifs (C(OH)–C–C–N with tert-alkyl or cyclic N) is 1. The maximum atomic E-state index is 13.8. The lowest BCUT2D eigenvalue weighted by Crippen LogP contribution is -2.53. The van der Waals surface area contributed by atoms with Crippen molar-refractivity contribution in [1.29, 1.82) is 0 Å². The summed E-state index contributed by atoms with van der Waals surface area (Å²) in [4.78, 5) is 42.7. The first-order valence-corrected chi connectivity index (χ1v) is 13.2. The molecule has 2 aromatic carbocycles. The highest BCUT2D eigenvalue weighted by Crippen LogP contribution is 2.63. The van der Waals surface area contributed by atoms with E-state index in [1.807, 2.05) is 45.9 Å². The van der Waals surface area contributed by atoms with E-state index in [2.05, 4.69) is 10.6 Å². The quantitative estimate of drug-likeness (QED) is 0.492. The van der Waals surface area contributed by atoms with Crippen LogP contribution in [0.5, 0.6) is 5.75 Å². The van der Waals surface area contributed by atoms with Gasteiger partial charge in [-0.15, -0.1) is 0 Å². The third-order valence-corrected chi connectivity index (χ3v) is 8.23. The molecule has 3 fully saturated rings. The second-order valence-corrected chi connectivity index (χ2v) is 10.7. The number of amides is 3. The molecule has 2 aromatic rings. The molecule has 1 spiro atoms. The monoisotopic (exact) mass is 521 g/mol. The first-order chi connectivity index (χ1) is 18.1. The van der Waals surface area contributed by atoms with Crippen molar-refractivity contribution in [2.45, 2.75) is 57.8 Å². The lowest BCUT2D eigenvalue weighted by molar-refractivity contribution is -0.143. The average Bonchev–Trinajstić information content (AvgIpc) is 3.44. The van der Waals surface area contributed by atoms with Crippen molar-refractivity contribution in [2.24, 2.45) is 11.8 Å². The number of carbonyl (C=O) groups excluding carboxylic acids is 3. The van der Waals surface area contributed by atoms with Crippen molar-refractivity contribution in [2.75, 3.05) is 30.4 Å². The highest BCUT2D eigenvalue weighted by Gasteiger charge is 2.77. The fraction of sp³-hybridized carbons (Fsp3) is 0.483. The molecule has 3 aliphatic heterocycles. The Morgan fingerprint density at radius 2 is 1.84 bits per heavy atom. The van der Waals surface area contributed by atoms with Crippen molar-refractivity contribution in [3.8, 4) is 5.75 Å². The number of likely N-dealkylation sites (tertiary alicyclic amines) is 1. The number of ether oxygens (including phenoxy) is 2. The summed E-state index contributed by atoms with van der Waals surface area (Å²) in [6.07, 6.45) is 1.01. The molecule has 202 valence electrons. The molecule has 9 nitrogen and oxygen atoms in total. The van der Waals surface area contributed by atoms with Crippen LogP contribution in [0.3, 0.4) is 0 Å². The van der Waals surface area contributed by atoms with Gasteiger partial charge in [0.05, 0.1) is 30.7 Å². The van der Waals surface area contributed by atoms with E-state index in [-0.39, 0.29) is 30.9 Å². The highest BCUT2D eigenvalue weighted by atomic mass is 16.5. The van der Waals surface area contributed by atoms with Gasteiger partial charge in [-0.25, -0.2) is 0 Å². The van der Waals surface area contributed by atoms with Crippen molar-refractivity contribution in [3.63, 3.8) is 0 Å². The SMILES string of the molecule is CCOc1ccc(NC(=O)[C@H]2[C@H]3C(=O)N(CCO)C(C(=O)Nc4cc(C)ccc4C)C34CC[C@]2(C)O4)cc1. The number of fused-ring (bicyclic) bond motifs is 1. The second-order valence-electron chi connectivity index (χ2n) is 10.7. The molecular formula is C29H35N3O6. The molecular weight excluding hydrogens is 486 g/mol. The van der Waals surface area contributed by atoms with Crippen LogP contribution in [0.15, 0.2) is 42.5 Å². The van der Waals surface area contributed by atoms with Crippen molar-refractivity contribution < 1.29 is 29.0 Å². The van der Waals surface area contributed by atoms with Gasteiger partial charge in [0.1, 0.15) is 17.4 Å². The van der Waals surface area contributed by atoms with Gasteiger partial charge in [0.2, 0.25) is 17.7 Å². The van der Waals surface area contributed by atoms with E-state index in [1.54, 1.807) is 24.3 Å². The zero-order chi connectivity index (χ0) is 27.2. The maximum absolute atomic E-state index is 13.8. The molecule has 38 heavy (non-hydrogen) atoms. The number of benzene rings is 2. The molecule has 0 radical (unpaired) electrons. The predicted octanol–water partition coefficient (Wildman–Crippen LogP) is 3.04. The molecule has 3 N–H and O–H groups in total. The van der Waals surface area contributed by atoms with Crippen LogP contribution >= 0.6 is 0 Å². The van der Waals surface area contributed by atoms with Gasteiger partial charge in [-0.3, -0.25) is 14.4 Å². The Balaban J connectivity index is 1.45. The van der Waals surface area contributed by atoms with Crippen molar-refractivity contribution in [3.05, 3.63) is 53.6 Å². The number of anilines is 2. The number of aliphatic hydroxyl groups excluding tert-OH is 1. The van der Waals surface area contributed by atoms with Gasteiger partial charge < -0.3 is 30.1 Å². The van der Waals surface area contributed by atoms with Gasteiger partial charge in [0.15, 0.2) is 0 Å². The van der Waals surface area contributed by atoms with Crippen LogP contribution in [-0.4, -0.2) is 64.7 Å². The Labute approximate surface area is 222 Å². The van der Waals surface area contributed by atoms with Gasteiger partial charge in [-0.1, -0.05) is 12.1 Å². The molecule has 2 unspecified atom stereocenters. The predicted molar refractivity (Wildman–Crippen MR) is 142 cm³/mol. The largest absolute Gasteiger partial charge is 0.494 e. The minimum absolute atomic E-state index is 0.0186. The summed E-state index contributed by atoms with van der Waals surface area (Å²) in [6.45, 7) is 7.81. The summed E-state index contributed by atoms with van der Waals surface area (Å²) in [7, 11) is 0. The Bertz CT molecular complexity index is 1260. The number of hydrogen-bond acceptors (Lipinski definition) is 6. The van der Waals surface area contributed by atoms with Crippen LogP contribution < -0.4 is 15.4 Å². The first-order valence-electron chi connectivity index (χ1n) is 13.2. The summed E-state index contributed by atoms with van der Waals surface area (Å²) in [5, 5.41) is 15.7. The molecule has 5 atom stereocenters. The third kappa shape index (κ3) is 4.14. The number of carbonyl (C=O) groups is 3. The zero-order valence-electron chi connectivity index (χ0n) is 22.2. The topological polar surface area (TPSA) is 117 Å². The van der Waals surface area contributed by atoms with Crippen LogP contribution in [0, 0.1) is 25.7 Å². The van der Waals surface area contributed by atoms with Gasteiger partial charge in [0, 0.05) is 17.9 Å². The number of aryl methyl sites for hydroxylation is 2. The number of nitrogens with zero attached hydrogens (tertiary/aromatic N) is 1. The van der Waals surface area contributed by atoms with Crippen molar-refractivity contribution >= 4 is 29.1 Å². The summed E-state index contributed by atoms with van der Waals surface area (Å²) in [6, 6.07) is 11.9. The molecule has 3 aliphatic rings. The molecule has 5 rings (SSSR count). The Kier molecular flexibility index (Phi) is 6.69. The maximum Gasteiger partial charge on any atom is 0.250 e. The Morgan fingerprint density at radius 1 is 1.11 bits per heavy atom. The Hall–Kier alpha value is -3.43. The van der Waals surface area contributed by atoms with E-state index in [9.17, 15) is 19.5 Å². The van der Waals surface area contributed by atoms with Crippen LogP contribution in [0.2, 0.25) is 0 Å². The zero-order valence-corrected chi connectivity index (χ0v) is 22.2. The minimum Gasteiger partial charge on any atom is -0.494 e. The minimum atomic E-state index is -1.15. The lowest BCUT2D eigenvalue weighted by atomic mass is 9.66. The lowest BCUT2D eigenvalue weighted by Gasteiger charge is -2.33. The molecule has 0 saturated carbocycles. The fourth-order valence-electron chi connectivity index (χ4n) is 6.57. The summed E-state index contributed by atoms with van der Waals surface area (Å²) in [5.41, 5.74) is 1.10. The van der Waals surface area contributed by atoms with E-state index in [0.717, 1.165) is 11.1 Å². The average molecular weight is 522 g/mol. The van der Waals surface area contributed by atoms with E-state index in [0.29, 0.717) is 36.6 Å². The fourth-order valence-corrected chi connectivity index (χ4v) is 6.57. The summed E-state index contributed by atoms with van der Waals surface area (Å²) in [5.74, 6) is -1.95. The highest BCUT2D eigenvalue weighted by molar-refractivity contribution is 6.05. The van der Waals surface area contributed by atoms with E-state index >= 15 is 0 Å². The Morgan fingerprint density at radius 3 is 2.53 bits per heavy atom. The third-order valence-electron chi connectivity index (χ3n) is 8.23. The summed E-state index contributed by atoms with van der Waals surface area (Å²) < 4.78 is 12.1. The second kappa shape index (κ2) is 9.71. The van der Waals surface area contributed by atoms with Gasteiger partial charge in [-0.2, -0.15) is 0 Å². The molecule has 2 bridgehead atoms. The molecule has 3 saturated heterocycles. The summed E-state index contributed by atoms with van der Waals surface area (Å²) >= 11 is 0. The molecule has 9 heteroatoms. The van der Waals surface area contributed by atoms with E-state index in [1.165, 1.54) is 4.90 Å². The molecule has 0 aromatic heterocycles. The van der Waals surface area contributed by atoms with Gasteiger partial charge in [-0.05, 0) is 82.0 Å². The molecule has 0 aliphatic carbocycles. The van der Waals surface area contributed by atoms with Crippen LogP contribution in [-0.2, 0) is 19.1 Å². The number of nitrogens with one attached hydrogen (secondary N) is 2. The van der Waals surface area contributed by atoms with Crippen molar-refractivity contribution in [1.82, 2.24) is 4.90 Å². The van der Waals surface area contributed by atoms with Gasteiger partial charge >= 0.3 is 0 Å². The van der Waals surface area contributed by atoms with E-state index < -0.39 is 29.1 Å². The number of rotatable bonds is 8. The van der Waals surface area contributed by atoms with E-state index in [4.69, 9.17) is 9.47 Å². The van der Waals surface area contributed by atoms with Crippen LogP contribution in [0.1, 0.15) is 37.8 Å². The number of aliphatic hydroxyl groups is 1. The number of hydrogen-bond donors (Lipinski definition) is 3. The molecule has 3 heterocycles. The molecule has 3 amide bonds. The van der Waals surface area contributed by atoms with Crippen LogP contribution in [0.25, 0.3) is 0 Å². The smallest absolute Gasteiger partial charge is 0.250 e. The van der Waals surface area contributed by atoms with Gasteiger partial charge in [0.25, 0.3) is 0 Å².